The van der Waals surface area contributed by atoms with Crippen molar-refractivity contribution in [3.8, 4) is 5.75 Å². The molecule has 1 aliphatic rings. The van der Waals surface area contributed by atoms with E-state index in [0.717, 1.165) is 19.3 Å². The highest BCUT2D eigenvalue weighted by Crippen LogP contribution is 2.42. The number of aromatic hydroxyl groups is 1. The number of phenolic OH excluding ortho intramolecular Hbond substituents is 1. The van der Waals surface area contributed by atoms with Crippen LogP contribution < -0.4 is 10.6 Å². The molecular formula is C27H43N3O5. The highest BCUT2D eigenvalue weighted by Gasteiger charge is 2.49. The maximum absolute atomic E-state index is 14.0. The first kappa shape index (κ1) is 28.5. The van der Waals surface area contributed by atoms with Gasteiger partial charge in [-0.2, -0.15) is 0 Å². The van der Waals surface area contributed by atoms with Crippen molar-refractivity contribution in [1.82, 2.24) is 15.5 Å². The second kappa shape index (κ2) is 11.8. The Kier molecular flexibility index (Phi) is 9.58. The van der Waals surface area contributed by atoms with E-state index in [9.17, 15) is 19.5 Å². The van der Waals surface area contributed by atoms with Crippen LogP contribution in [0.3, 0.4) is 0 Å². The van der Waals surface area contributed by atoms with E-state index >= 15 is 0 Å². The molecule has 35 heavy (non-hydrogen) atoms. The summed E-state index contributed by atoms with van der Waals surface area (Å²) in [5.74, 6) is -0.823. The van der Waals surface area contributed by atoms with E-state index < -0.39 is 23.8 Å². The minimum atomic E-state index is -1.03. The summed E-state index contributed by atoms with van der Waals surface area (Å²) in [6.07, 6.45) is 1.75. The Hall–Kier alpha value is -2.77. The molecular weight excluding hydrogens is 446 g/mol. The van der Waals surface area contributed by atoms with Gasteiger partial charge in [0.15, 0.2) is 0 Å². The molecule has 1 fully saturated rings. The van der Waals surface area contributed by atoms with Gasteiger partial charge in [0, 0.05) is 17.6 Å². The molecule has 0 aliphatic heterocycles. The third-order valence-electron chi connectivity index (χ3n) is 6.15. The molecule has 5 unspecified atom stereocenters. The van der Waals surface area contributed by atoms with E-state index in [4.69, 9.17) is 4.74 Å². The fourth-order valence-electron chi connectivity index (χ4n) is 4.24. The number of hydrogen-bond donors (Lipinski definition) is 3. The number of nitrogens with zero attached hydrogens (tertiary/aromatic N) is 1. The van der Waals surface area contributed by atoms with E-state index in [1.54, 1.807) is 43.9 Å². The number of para-hydroxylation sites is 1. The molecule has 0 bridgehead atoms. The minimum Gasteiger partial charge on any atom is -0.508 e. The molecule has 196 valence electrons. The summed E-state index contributed by atoms with van der Waals surface area (Å²) < 4.78 is 5.40. The number of nitrogens with one attached hydrogen (secondary N) is 2. The first-order valence-corrected chi connectivity index (χ1v) is 12.7. The molecule has 2 rings (SSSR count). The number of rotatable bonds is 10. The van der Waals surface area contributed by atoms with Gasteiger partial charge in [-0.05, 0) is 58.4 Å². The predicted octanol–water partition coefficient (Wildman–Crippen LogP) is 4.52. The molecule has 0 spiro atoms. The summed E-state index contributed by atoms with van der Waals surface area (Å²) in [6, 6.07) is 4.41. The van der Waals surface area contributed by atoms with Crippen molar-refractivity contribution in [1.29, 1.82) is 0 Å². The van der Waals surface area contributed by atoms with E-state index in [1.807, 2.05) is 34.6 Å². The summed E-state index contributed by atoms with van der Waals surface area (Å²) in [5, 5.41) is 16.4. The Morgan fingerprint density at radius 3 is 2.23 bits per heavy atom. The van der Waals surface area contributed by atoms with Gasteiger partial charge in [0.25, 0.3) is 0 Å². The molecule has 1 saturated carbocycles. The third kappa shape index (κ3) is 7.87. The van der Waals surface area contributed by atoms with Crippen molar-refractivity contribution >= 4 is 17.9 Å². The van der Waals surface area contributed by atoms with Crippen LogP contribution in [0.5, 0.6) is 5.75 Å². The van der Waals surface area contributed by atoms with Gasteiger partial charge >= 0.3 is 6.09 Å². The Labute approximate surface area is 209 Å². The number of alkyl carbamates (subject to hydrolysis) is 1. The highest BCUT2D eigenvalue weighted by atomic mass is 16.6. The maximum Gasteiger partial charge on any atom is 0.408 e. The summed E-state index contributed by atoms with van der Waals surface area (Å²) in [5.41, 5.74) is -0.353. The number of hydrogen-bond acceptors (Lipinski definition) is 5. The van der Waals surface area contributed by atoms with Crippen molar-refractivity contribution < 1.29 is 24.2 Å². The van der Waals surface area contributed by atoms with Crippen LogP contribution in [0.4, 0.5) is 4.79 Å². The molecule has 1 aromatic carbocycles. The maximum atomic E-state index is 14.0. The Bertz CT molecular complexity index is 895. The van der Waals surface area contributed by atoms with Gasteiger partial charge in [0.2, 0.25) is 11.8 Å². The Balaban J connectivity index is 2.48. The predicted molar refractivity (Wildman–Crippen MR) is 136 cm³/mol. The Morgan fingerprint density at radius 1 is 1.14 bits per heavy atom. The molecule has 1 aliphatic carbocycles. The largest absolute Gasteiger partial charge is 0.508 e. The Morgan fingerprint density at radius 2 is 1.74 bits per heavy atom. The van der Waals surface area contributed by atoms with Crippen molar-refractivity contribution in [2.24, 2.45) is 11.8 Å². The number of carbonyl (C=O) groups excluding carboxylic acids is 3. The number of carbonyl (C=O) groups is 3. The lowest BCUT2D eigenvalue weighted by molar-refractivity contribution is -0.144. The lowest BCUT2D eigenvalue weighted by Crippen LogP contribution is -2.56. The third-order valence-corrected chi connectivity index (χ3v) is 6.15. The van der Waals surface area contributed by atoms with Crippen LogP contribution in [0.15, 0.2) is 24.3 Å². The smallest absolute Gasteiger partial charge is 0.408 e. The number of ether oxygens (including phenoxy) is 1. The van der Waals surface area contributed by atoms with E-state index in [0.29, 0.717) is 5.56 Å². The summed E-state index contributed by atoms with van der Waals surface area (Å²) in [7, 11) is 0. The second-order valence-corrected chi connectivity index (χ2v) is 11.1. The first-order valence-electron chi connectivity index (χ1n) is 12.7. The topological polar surface area (TPSA) is 108 Å². The van der Waals surface area contributed by atoms with Crippen LogP contribution in [-0.4, -0.2) is 51.6 Å². The van der Waals surface area contributed by atoms with Gasteiger partial charge in [0.1, 0.15) is 23.4 Å². The summed E-state index contributed by atoms with van der Waals surface area (Å²) in [4.78, 5) is 41.8. The molecule has 3 N–H and O–H groups in total. The average molecular weight is 490 g/mol. The van der Waals surface area contributed by atoms with Gasteiger partial charge in [0.05, 0.1) is 0 Å². The SMILES string of the molecule is CCCC(C)NC(=O)C(c1ccccc1O)N(C(=O)C(NC(=O)OC(C)(C)C)C(C)C)C1CC1C. The average Bonchev–Trinajstić information content (AvgIpc) is 3.44. The summed E-state index contributed by atoms with van der Waals surface area (Å²) >= 11 is 0. The van der Waals surface area contributed by atoms with Gasteiger partial charge in [-0.3, -0.25) is 9.59 Å². The lowest BCUT2D eigenvalue weighted by atomic mass is 9.97. The molecule has 1 aromatic rings. The van der Waals surface area contributed by atoms with Crippen molar-refractivity contribution in [3.63, 3.8) is 0 Å². The number of phenols is 1. The standard InChI is InChI=1S/C27H43N3O5/c1-9-12-18(5)28-24(32)23(19-13-10-11-14-21(19)31)30(20-15-17(20)4)25(33)22(16(2)3)29-26(34)35-27(6,7)8/h10-11,13-14,16-18,20,22-23,31H,9,12,15H2,1-8H3,(H,28,32)(H,29,34). The van der Waals surface area contributed by atoms with Crippen LogP contribution in [0.1, 0.15) is 86.3 Å². The van der Waals surface area contributed by atoms with Crippen molar-refractivity contribution in [2.75, 3.05) is 0 Å². The lowest BCUT2D eigenvalue weighted by Gasteiger charge is -2.36. The first-order chi connectivity index (χ1) is 16.3. The van der Waals surface area contributed by atoms with Crippen LogP contribution in [0, 0.1) is 11.8 Å². The van der Waals surface area contributed by atoms with Crippen LogP contribution in [0.25, 0.3) is 0 Å². The zero-order valence-electron chi connectivity index (χ0n) is 22.4. The molecule has 0 radical (unpaired) electrons. The van der Waals surface area contributed by atoms with E-state index in [2.05, 4.69) is 10.6 Å². The van der Waals surface area contributed by atoms with Crippen LogP contribution >= 0.6 is 0 Å². The van der Waals surface area contributed by atoms with Crippen molar-refractivity contribution in [3.05, 3.63) is 29.8 Å². The van der Waals surface area contributed by atoms with Gasteiger partial charge < -0.3 is 25.4 Å². The normalized spacial score (nSPS) is 19.9. The molecule has 0 heterocycles. The minimum absolute atomic E-state index is 0.0527. The second-order valence-electron chi connectivity index (χ2n) is 11.1. The van der Waals surface area contributed by atoms with Crippen molar-refractivity contribution in [2.45, 2.75) is 104 Å². The fourth-order valence-corrected chi connectivity index (χ4v) is 4.24. The van der Waals surface area contributed by atoms with Gasteiger partial charge in [-0.1, -0.05) is 52.3 Å². The van der Waals surface area contributed by atoms with E-state index in [1.165, 1.54) is 6.07 Å². The summed E-state index contributed by atoms with van der Waals surface area (Å²) in [6.45, 7) is 14.9. The van der Waals surface area contributed by atoms with Gasteiger partial charge in [-0.15, -0.1) is 0 Å². The van der Waals surface area contributed by atoms with Crippen LogP contribution in [0.2, 0.25) is 0 Å². The number of benzene rings is 1. The molecule has 3 amide bonds. The molecule has 0 aromatic heterocycles. The molecule has 0 saturated heterocycles. The molecule has 5 atom stereocenters. The van der Waals surface area contributed by atoms with Gasteiger partial charge in [-0.25, -0.2) is 4.79 Å². The zero-order chi connectivity index (χ0) is 26.5. The molecule has 8 nitrogen and oxygen atoms in total. The zero-order valence-corrected chi connectivity index (χ0v) is 22.4. The number of amides is 3. The highest BCUT2D eigenvalue weighted by molar-refractivity contribution is 5.93. The fraction of sp³-hybridized carbons (Fsp3) is 0.667. The van der Waals surface area contributed by atoms with Crippen LogP contribution in [-0.2, 0) is 14.3 Å². The quantitative estimate of drug-likeness (QED) is 0.448. The molecule has 8 heteroatoms. The van der Waals surface area contributed by atoms with E-state index in [-0.39, 0.29) is 41.5 Å². The monoisotopic (exact) mass is 489 g/mol.